The number of anilines is 1. The third-order valence-electron chi connectivity index (χ3n) is 3.19. The van der Waals surface area contributed by atoms with E-state index in [1.807, 2.05) is 19.9 Å². The third-order valence-corrected chi connectivity index (χ3v) is 3.19. The van der Waals surface area contributed by atoms with Crippen LogP contribution in [0, 0.1) is 25.2 Å². The number of likely N-dealkylation sites (N-methyl/N-ethyl adjacent to an activating group) is 1. The molecular weight excluding hydrogens is 212 g/mol. The molecule has 2 heterocycles. The van der Waals surface area contributed by atoms with Gasteiger partial charge in [-0.05, 0) is 39.9 Å². The van der Waals surface area contributed by atoms with Gasteiger partial charge in [0.2, 0.25) is 0 Å². The van der Waals surface area contributed by atoms with E-state index >= 15 is 0 Å². The van der Waals surface area contributed by atoms with E-state index in [1.165, 1.54) is 0 Å². The maximum atomic E-state index is 9.18. The van der Waals surface area contributed by atoms with E-state index in [9.17, 15) is 5.26 Å². The van der Waals surface area contributed by atoms with Crippen molar-refractivity contribution in [3.8, 4) is 6.07 Å². The lowest BCUT2D eigenvalue weighted by Crippen LogP contribution is -2.24. The Hall–Kier alpha value is -1.60. The van der Waals surface area contributed by atoms with Crippen LogP contribution in [0.3, 0.4) is 0 Å². The first-order valence-electron chi connectivity index (χ1n) is 5.93. The number of nitrogens with zero attached hydrogens (tertiary/aromatic N) is 3. The minimum atomic E-state index is 0.438. The molecule has 0 amide bonds. The second kappa shape index (κ2) is 4.72. The van der Waals surface area contributed by atoms with E-state index < -0.39 is 0 Å². The highest BCUT2D eigenvalue weighted by atomic mass is 15.2. The highest BCUT2D eigenvalue weighted by Crippen LogP contribution is 2.21. The number of aromatic nitrogens is 1. The number of nitrogens with one attached hydrogen (secondary N) is 1. The third kappa shape index (κ3) is 2.56. The zero-order valence-electron chi connectivity index (χ0n) is 10.6. The van der Waals surface area contributed by atoms with Crippen molar-refractivity contribution in [2.45, 2.75) is 26.3 Å². The van der Waals surface area contributed by atoms with Crippen LogP contribution >= 0.6 is 0 Å². The number of aryl methyl sites for hydroxylation is 2. The van der Waals surface area contributed by atoms with E-state index in [0.29, 0.717) is 11.6 Å². The second-order valence-corrected chi connectivity index (χ2v) is 4.78. The first-order chi connectivity index (χ1) is 8.10. The van der Waals surface area contributed by atoms with Crippen LogP contribution < -0.4 is 5.32 Å². The molecule has 1 aliphatic heterocycles. The molecule has 0 spiro atoms. The minimum Gasteiger partial charge on any atom is -0.380 e. The molecule has 17 heavy (non-hydrogen) atoms. The molecule has 1 unspecified atom stereocenters. The summed E-state index contributed by atoms with van der Waals surface area (Å²) in [6, 6.07) is 4.64. The Morgan fingerprint density at radius 1 is 1.53 bits per heavy atom. The number of hydrogen-bond donors (Lipinski definition) is 1. The summed E-state index contributed by atoms with van der Waals surface area (Å²) in [5, 5.41) is 12.6. The van der Waals surface area contributed by atoms with E-state index in [0.717, 1.165) is 36.6 Å². The molecule has 0 radical (unpaired) electrons. The summed E-state index contributed by atoms with van der Waals surface area (Å²) in [4.78, 5) is 6.62. The summed E-state index contributed by atoms with van der Waals surface area (Å²) in [6.07, 6.45) is 1.13. The fraction of sp³-hybridized carbons (Fsp3) is 0.538. The normalized spacial score (nSPS) is 20.2. The van der Waals surface area contributed by atoms with Crippen molar-refractivity contribution in [1.82, 2.24) is 9.88 Å². The molecule has 90 valence electrons. The molecule has 0 aliphatic carbocycles. The van der Waals surface area contributed by atoms with Crippen LogP contribution in [-0.4, -0.2) is 36.1 Å². The van der Waals surface area contributed by atoms with E-state index in [4.69, 9.17) is 0 Å². The van der Waals surface area contributed by atoms with Crippen LogP contribution in [-0.2, 0) is 0 Å². The molecule has 4 nitrogen and oxygen atoms in total. The Labute approximate surface area is 102 Å². The van der Waals surface area contributed by atoms with Gasteiger partial charge in [-0.25, -0.2) is 0 Å². The van der Waals surface area contributed by atoms with Crippen LogP contribution in [0.2, 0.25) is 0 Å². The van der Waals surface area contributed by atoms with Crippen molar-refractivity contribution in [3.05, 3.63) is 23.0 Å². The minimum absolute atomic E-state index is 0.438. The Bertz CT molecular complexity index is 461. The van der Waals surface area contributed by atoms with Crippen molar-refractivity contribution in [2.24, 2.45) is 0 Å². The molecule has 0 saturated carbocycles. The highest BCUT2D eigenvalue weighted by molar-refractivity contribution is 5.60. The molecule has 1 fully saturated rings. The summed E-state index contributed by atoms with van der Waals surface area (Å²) >= 11 is 0. The summed E-state index contributed by atoms with van der Waals surface area (Å²) < 4.78 is 0. The Morgan fingerprint density at radius 2 is 2.29 bits per heavy atom. The van der Waals surface area contributed by atoms with Crippen molar-refractivity contribution < 1.29 is 0 Å². The van der Waals surface area contributed by atoms with Gasteiger partial charge in [0.1, 0.15) is 6.07 Å². The molecule has 0 aromatic carbocycles. The Balaban J connectivity index is 2.23. The van der Waals surface area contributed by atoms with Crippen molar-refractivity contribution in [2.75, 3.05) is 25.5 Å². The summed E-state index contributed by atoms with van der Waals surface area (Å²) in [6.45, 7) is 5.99. The molecule has 1 N–H and O–H groups in total. The SMILES string of the molecule is Cc1cc(NC2CCN(C)C2)c(C#N)c(C)n1. The van der Waals surface area contributed by atoms with Crippen LogP contribution in [0.5, 0.6) is 0 Å². The molecular formula is C13H18N4. The second-order valence-electron chi connectivity index (χ2n) is 4.78. The van der Waals surface area contributed by atoms with Crippen molar-refractivity contribution in [3.63, 3.8) is 0 Å². The van der Waals surface area contributed by atoms with Gasteiger partial charge in [0.15, 0.2) is 0 Å². The summed E-state index contributed by atoms with van der Waals surface area (Å²) in [7, 11) is 2.12. The smallest absolute Gasteiger partial charge is 0.103 e. The quantitative estimate of drug-likeness (QED) is 0.840. The predicted molar refractivity (Wildman–Crippen MR) is 68.0 cm³/mol. The van der Waals surface area contributed by atoms with Gasteiger partial charge in [0.25, 0.3) is 0 Å². The molecule has 1 aromatic rings. The molecule has 4 heteroatoms. The van der Waals surface area contributed by atoms with Gasteiger partial charge in [0.05, 0.1) is 16.9 Å². The van der Waals surface area contributed by atoms with Crippen LogP contribution in [0.4, 0.5) is 5.69 Å². The maximum absolute atomic E-state index is 9.18. The van der Waals surface area contributed by atoms with E-state index in [-0.39, 0.29) is 0 Å². The van der Waals surface area contributed by atoms with Crippen LogP contribution in [0.1, 0.15) is 23.4 Å². The monoisotopic (exact) mass is 230 g/mol. The highest BCUT2D eigenvalue weighted by Gasteiger charge is 2.20. The van der Waals surface area contributed by atoms with E-state index in [1.54, 1.807) is 0 Å². The van der Waals surface area contributed by atoms with Crippen molar-refractivity contribution >= 4 is 5.69 Å². The Kier molecular flexibility index (Phi) is 3.30. The largest absolute Gasteiger partial charge is 0.380 e. The molecule has 0 bridgehead atoms. The molecule has 1 aromatic heterocycles. The summed E-state index contributed by atoms with van der Waals surface area (Å²) in [5.41, 5.74) is 3.36. The number of rotatable bonds is 2. The zero-order chi connectivity index (χ0) is 12.4. The van der Waals surface area contributed by atoms with Gasteiger partial charge >= 0.3 is 0 Å². The van der Waals surface area contributed by atoms with Gasteiger partial charge < -0.3 is 10.2 Å². The average molecular weight is 230 g/mol. The average Bonchev–Trinajstić information content (AvgIpc) is 2.63. The van der Waals surface area contributed by atoms with Gasteiger partial charge in [-0.1, -0.05) is 0 Å². The predicted octanol–water partition coefficient (Wildman–Crippen LogP) is 1.69. The number of likely N-dealkylation sites (tertiary alicyclic amines) is 1. The lowest BCUT2D eigenvalue weighted by atomic mass is 10.1. The zero-order valence-corrected chi connectivity index (χ0v) is 10.6. The lowest BCUT2D eigenvalue weighted by Gasteiger charge is -2.16. The molecule has 1 saturated heterocycles. The van der Waals surface area contributed by atoms with Gasteiger partial charge in [0, 0.05) is 18.3 Å². The molecule has 2 rings (SSSR count). The number of pyridine rings is 1. The molecule has 1 aliphatic rings. The van der Waals surface area contributed by atoms with Gasteiger partial charge in [-0.3, -0.25) is 4.98 Å². The fourth-order valence-corrected chi connectivity index (χ4v) is 2.36. The lowest BCUT2D eigenvalue weighted by molar-refractivity contribution is 0.414. The van der Waals surface area contributed by atoms with Gasteiger partial charge in [-0.2, -0.15) is 5.26 Å². The topological polar surface area (TPSA) is 52.0 Å². The maximum Gasteiger partial charge on any atom is 0.103 e. The Morgan fingerprint density at radius 3 is 2.88 bits per heavy atom. The van der Waals surface area contributed by atoms with Crippen molar-refractivity contribution in [1.29, 1.82) is 5.26 Å². The first-order valence-corrected chi connectivity index (χ1v) is 5.93. The van der Waals surface area contributed by atoms with Crippen LogP contribution in [0.15, 0.2) is 6.07 Å². The molecule has 1 atom stereocenters. The standard InChI is InChI=1S/C13H18N4/c1-9-6-13(12(7-14)10(2)15-9)16-11-4-5-17(3)8-11/h6,11H,4-5,8H2,1-3H3,(H,15,16). The number of nitriles is 1. The first kappa shape index (κ1) is 11.9. The number of hydrogen-bond acceptors (Lipinski definition) is 4. The summed E-state index contributed by atoms with van der Waals surface area (Å²) in [5.74, 6) is 0. The van der Waals surface area contributed by atoms with Gasteiger partial charge in [-0.15, -0.1) is 0 Å². The van der Waals surface area contributed by atoms with E-state index in [2.05, 4.69) is 28.3 Å². The van der Waals surface area contributed by atoms with Crippen LogP contribution in [0.25, 0.3) is 0 Å². The fourth-order valence-electron chi connectivity index (χ4n) is 2.36.